The van der Waals surface area contributed by atoms with Crippen molar-refractivity contribution in [2.75, 3.05) is 18.5 Å². The summed E-state index contributed by atoms with van der Waals surface area (Å²) in [5.41, 5.74) is 5.26. The lowest BCUT2D eigenvalue weighted by atomic mass is 10.0. The minimum absolute atomic E-state index is 0.194. The third kappa shape index (κ3) is 4.59. The van der Waals surface area contributed by atoms with Gasteiger partial charge in [0.2, 0.25) is 0 Å². The standard InChI is InChI=1S/C23H27N3O3/c1-6-28-19-9-8-17(13-20(19)29-7-2)21-16(5)25-26-22(21)24-23(27)18-11-14(3)10-15(4)12-18/h8-13H,6-7H2,1-5H3,(H2,24,25,26,27). The van der Waals surface area contributed by atoms with Gasteiger partial charge >= 0.3 is 0 Å². The first-order valence-electron chi connectivity index (χ1n) is 9.77. The van der Waals surface area contributed by atoms with Crippen molar-refractivity contribution in [3.63, 3.8) is 0 Å². The molecule has 0 saturated heterocycles. The Hall–Kier alpha value is -3.28. The van der Waals surface area contributed by atoms with E-state index in [4.69, 9.17) is 9.47 Å². The summed E-state index contributed by atoms with van der Waals surface area (Å²) in [6.07, 6.45) is 0. The van der Waals surface area contributed by atoms with Crippen LogP contribution in [0.5, 0.6) is 11.5 Å². The number of H-pyrrole nitrogens is 1. The van der Waals surface area contributed by atoms with Crippen LogP contribution in [0.4, 0.5) is 5.82 Å². The second-order valence-electron chi connectivity index (χ2n) is 6.93. The average molecular weight is 393 g/mol. The number of aryl methyl sites for hydroxylation is 3. The maximum Gasteiger partial charge on any atom is 0.256 e. The molecule has 6 nitrogen and oxygen atoms in total. The molecule has 0 unspecified atom stereocenters. The first-order valence-corrected chi connectivity index (χ1v) is 9.77. The predicted octanol–water partition coefficient (Wildman–Crippen LogP) is 5.05. The van der Waals surface area contributed by atoms with E-state index in [1.165, 1.54) is 0 Å². The number of ether oxygens (including phenoxy) is 2. The number of benzene rings is 2. The molecular weight excluding hydrogens is 366 g/mol. The summed E-state index contributed by atoms with van der Waals surface area (Å²) in [5, 5.41) is 10.2. The van der Waals surface area contributed by atoms with Gasteiger partial charge in [-0.25, -0.2) is 0 Å². The summed E-state index contributed by atoms with van der Waals surface area (Å²) < 4.78 is 11.4. The van der Waals surface area contributed by atoms with E-state index < -0.39 is 0 Å². The largest absolute Gasteiger partial charge is 0.490 e. The Bertz CT molecular complexity index is 1000. The highest BCUT2D eigenvalue weighted by Crippen LogP contribution is 2.36. The zero-order valence-corrected chi connectivity index (χ0v) is 17.6. The van der Waals surface area contributed by atoms with E-state index in [2.05, 4.69) is 15.5 Å². The fourth-order valence-corrected chi connectivity index (χ4v) is 3.36. The number of hydrogen-bond donors (Lipinski definition) is 2. The maximum atomic E-state index is 12.8. The van der Waals surface area contributed by atoms with Crippen molar-refractivity contribution in [3.8, 4) is 22.6 Å². The van der Waals surface area contributed by atoms with Gasteiger partial charge < -0.3 is 14.8 Å². The number of anilines is 1. The lowest BCUT2D eigenvalue weighted by Crippen LogP contribution is -2.13. The second kappa shape index (κ2) is 8.82. The van der Waals surface area contributed by atoms with Crippen LogP contribution >= 0.6 is 0 Å². The fraction of sp³-hybridized carbons (Fsp3) is 0.304. The Kier molecular flexibility index (Phi) is 6.22. The van der Waals surface area contributed by atoms with Crippen molar-refractivity contribution < 1.29 is 14.3 Å². The van der Waals surface area contributed by atoms with Crippen molar-refractivity contribution in [2.45, 2.75) is 34.6 Å². The summed E-state index contributed by atoms with van der Waals surface area (Å²) in [6, 6.07) is 11.5. The number of rotatable bonds is 7. The summed E-state index contributed by atoms with van der Waals surface area (Å²) >= 11 is 0. The average Bonchev–Trinajstić information content (AvgIpc) is 3.03. The lowest BCUT2D eigenvalue weighted by molar-refractivity contribution is 0.102. The third-order valence-corrected chi connectivity index (χ3v) is 4.50. The minimum atomic E-state index is -0.194. The molecule has 0 spiro atoms. The van der Waals surface area contributed by atoms with Gasteiger partial charge in [-0.05, 0) is 64.4 Å². The van der Waals surface area contributed by atoms with Crippen molar-refractivity contribution >= 4 is 11.7 Å². The topological polar surface area (TPSA) is 76.2 Å². The number of nitrogens with one attached hydrogen (secondary N) is 2. The molecule has 1 heterocycles. The summed E-state index contributed by atoms with van der Waals surface area (Å²) in [6.45, 7) is 10.8. The van der Waals surface area contributed by atoms with Gasteiger partial charge in [-0.15, -0.1) is 0 Å². The third-order valence-electron chi connectivity index (χ3n) is 4.50. The molecule has 0 aliphatic rings. The highest BCUT2D eigenvalue weighted by Gasteiger charge is 2.18. The zero-order valence-electron chi connectivity index (χ0n) is 17.6. The van der Waals surface area contributed by atoms with Crippen LogP contribution in [0.25, 0.3) is 11.1 Å². The summed E-state index contributed by atoms with van der Waals surface area (Å²) in [5.74, 6) is 1.65. The molecule has 2 aromatic carbocycles. The zero-order chi connectivity index (χ0) is 21.0. The number of carbonyl (C=O) groups is 1. The van der Waals surface area contributed by atoms with E-state index in [1.807, 2.05) is 71.0 Å². The Balaban J connectivity index is 1.95. The van der Waals surface area contributed by atoms with Gasteiger partial charge in [0.25, 0.3) is 5.91 Å². The Labute approximate surface area is 171 Å². The van der Waals surface area contributed by atoms with Gasteiger partial charge in [-0.2, -0.15) is 5.10 Å². The van der Waals surface area contributed by atoms with Crippen LogP contribution in [0.15, 0.2) is 36.4 Å². The second-order valence-corrected chi connectivity index (χ2v) is 6.93. The van der Waals surface area contributed by atoms with Crippen LogP contribution in [-0.2, 0) is 0 Å². The van der Waals surface area contributed by atoms with Gasteiger partial charge in [0, 0.05) is 16.8 Å². The number of amides is 1. The fourth-order valence-electron chi connectivity index (χ4n) is 3.36. The Morgan fingerprint density at radius 2 is 1.62 bits per heavy atom. The first-order chi connectivity index (χ1) is 13.9. The van der Waals surface area contributed by atoms with Gasteiger partial charge in [-0.1, -0.05) is 23.3 Å². The molecule has 3 rings (SSSR count). The summed E-state index contributed by atoms with van der Waals surface area (Å²) in [7, 11) is 0. The quantitative estimate of drug-likeness (QED) is 0.589. The molecule has 152 valence electrons. The molecule has 1 amide bonds. The molecule has 6 heteroatoms. The number of aromatic nitrogens is 2. The molecule has 0 atom stereocenters. The van der Waals surface area contributed by atoms with E-state index in [0.717, 1.165) is 27.9 Å². The normalized spacial score (nSPS) is 10.7. The van der Waals surface area contributed by atoms with Crippen LogP contribution in [0.1, 0.15) is 41.0 Å². The lowest BCUT2D eigenvalue weighted by Gasteiger charge is -2.13. The van der Waals surface area contributed by atoms with Crippen LogP contribution in [-0.4, -0.2) is 29.3 Å². The van der Waals surface area contributed by atoms with Crippen molar-refractivity contribution in [1.29, 1.82) is 0 Å². The number of hydrogen-bond acceptors (Lipinski definition) is 4. The highest BCUT2D eigenvalue weighted by molar-refractivity contribution is 6.06. The van der Waals surface area contributed by atoms with E-state index in [0.29, 0.717) is 36.1 Å². The summed E-state index contributed by atoms with van der Waals surface area (Å²) in [4.78, 5) is 12.8. The first kappa shape index (κ1) is 20.5. The van der Waals surface area contributed by atoms with Gasteiger partial charge in [0.05, 0.1) is 13.2 Å². The molecule has 0 aliphatic heterocycles. The van der Waals surface area contributed by atoms with Crippen LogP contribution in [0, 0.1) is 20.8 Å². The molecule has 0 saturated carbocycles. The highest BCUT2D eigenvalue weighted by atomic mass is 16.5. The molecule has 1 aromatic heterocycles. The van der Waals surface area contributed by atoms with Crippen LogP contribution < -0.4 is 14.8 Å². The van der Waals surface area contributed by atoms with Gasteiger partial charge in [-0.3, -0.25) is 9.89 Å². The molecule has 2 N–H and O–H groups in total. The predicted molar refractivity (Wildman–Crippen MR) is 115 cm³/mol. The number of carbonyl (C=O) groups excluding carboxylic acids is 1. The van der Waals surface area contributed by atoms with Crippen LogP contribution in [0.2, 0.25) is 0 Å². The Morgan fingerprint density at radius 1 is 0.966 bits per heavy atom. The van der Waals surface area contributed by atoms with E-state index in [9.17, 15) is 4.79 Å². The van der Waals surface area contributed by atoms with Crippen molar-refractivity contribution in [1.82, 2.24) is 10.2 Å². The SMILES string of the molecule is CCOc1ccc(-c2c(NC(=O)c3cc(C)cc(C)c3)n[nH]c2C)cc1OCC. The molecule has 0 aliphatic carbocycles. The molecule has 0 bridgehead atoms. The van der Waals surface area contributed by atoms with E-state index in [-0.39, 0.29) is 5.91 Å². The van der Waals surface area contributed by atoms with Crippen molar-refractivity contribution in [3.05, 3.63) is 58.8 Å². The van der Waals surface area contributed by atoms with Crippen molar-refractivity contribution in [2.24, 2.45) is 0 Å². The van der Waals surface area contributed by atoms with Crippen LogP contribution in [0.3, 0.4) is 0 Å². The Morgan fingerprint density at radius 3 is 2.28 bits per heavy atom. The smallest absolute Gasteiger partial charge is 0.256 e. The van der Waals surface area contributed by atoms with Gasteiger partial charge in [0.15, 0.2) is 17.3 Å². The van der Waals surface area contributed by atoms with Gasteiger partial charge in [0.1, 0.15) is 0 Å². The maximum absolute atomic E-state index is 12.8. The molecule has 29 heavy (non-hydrogen) atoms. The van der Waals surface area contributed by atoms with E-state index in [1.54, 1.807) is 0 Å². The van der Waals surface area contributed by atoms with E-state index >= 15 is 0 Å². The molecular formula is C23H27N3O3. The minimum Gasteiger partial charge on any atom is -0.490 e. The number of aromatic amines is 1. The molecule has 0 radical (unpaired) electrons. The monoisotopic (exact) mass is 393 g/mol. The molecule has 3 aromatic rings. The molecule has 0 fully saturated rings. The number of nitrogens with zero attached hydrogens (tertiary/aromatic N) is 1.